The molecule has 0 unspecified atom stereocenters. The predicted octanol–water partition coefficient (Wildman–Crippen LogP) is 5.61. The summed E-state index contributed by atoms with van der Waals surface area (Å²) in [7, 11) is 0. The van der Waals surface area contributed by atoms with Gasteiger partial charge in [0.2, 0.25) is 0 Å². The van der Waals surface area contributed by atoms with Crippen LogP contribution >= 0.6 is 22.7 Å². The van der Waals surface area contributed by atoms with E-state index in [-0.39, 0.29) is 29.3 Å². The minimum atomic E-state index is -0.332. The molecule has 0 radical (unpaired) electrons. The summed E-state index contributed by atoms with van der Waals surface area (Å²) in [6.45, 7) is 3.27. The zero-order chi connectivity index (χ0) is 38.1. The summed E-state index contributed by atoms with van der Waals surface area (Å²) in [5.74, 6) is -1.19. The Balaban J connectivity index is 0.850. The largest absolute Gasteiger partial charge is 0.351 e. The van der Waals surface area contributed by atoms with Crippen LogP contribution in [0.15, 0.2) is 89.6 Å². The van der Waals surface area contributed by atoms with Gasteiger partial charge in [0.1, 0.15) is 11.4 Å². The molecule has 0 aliphatic heterocycles. The number of fused-ring (bicyclic) bond motifs is 1. The lowest BCUT2D eigenvalue weighted by atomic mass is 10.1. The number of thiophene rings is 2. The van der Waals surface area contributed by atoms with Crippen molar-refractivity contribution < 1.29 is 19.2 Å². The first-order chi connectivity index (χ1) is 26.8. The summed E-state index contributed by atoms with van der Waals surface area (Å²) in [4.78, 5) is 61.8. The first kappa shape index (κ1) is 36.8. The van der Waals surface area contributed by atoms with Gasteiger partial charge in [-0.25, -0.2) is 9.97 Å². The van der Waals surface area contributed by atoms with E-state index in [9.17, 15) is 19.2 Å². The highest BCUT2D eigenvalue weighted by atomic mass is 32.1. The number of para-hydroxylation sites is 1. The number of H-pyrrole nitrogens is 2. The summed E-state index contributed by atoms with van der Waals surface area (Å²) >= 11 is 3.02. The smallest absolute Gasteiger partial charge is 0.271 e. The quantitative estimate of drug-likeness (QED) is 0.0723. The number of carbonyl (C=O) groups is 4. The maximum Gasteiger partial charge on any atom is 0.271 e. The number of nitrogens with one attached hydrogen (secondary N) is 6. The van der Waals surface area contributed by atoms with Crippen LogP contribution in [0.2, 0.25) is 0 Å². The van der Waals surface area contributed by atoms with Gasteiger partial charge in [-0.15, -0.1) is 22.7 Å². The third kappa shape index (κ3) is 9.00. The summed E-state index contributed by atoms with van der Waals surface area (Å²) in [6.07, 6.45) is 1.06. The van der Waals surface area contributed by atoms with Crippen molar-refractivity contribution in [2.45, 2.75) is 19.8 Å². The second kappa shape index (κ2) is 17.1. The Bertz CT molecular complexity index is 2470. The molecule has 6 heterocycles. The monoisotopic (exact) mass is 772 g/mol. The van der Waals surface area contributed by atoms with Crippen LogP contribution in [0.3, 0.4) is 0 Å². The molecule has 0 atom stereocenters. The van der Waals surface area contributed by atoms with Crippen LogP contribution in [0.4, 0.5) is 0 Å². The zero-order valence-corrected chi connectivity index (χ0v) is 31.3. The van der Waals surface area contributed by atoms with E-state index in [0.717, 1.165) is 37.5 Å². The fourth-order valence-corrected chi connectivity index (χ4v) is 7.19. The van der Waals surface area contributed by atoms with Crippen LogP contribution in [-0.4, -0.2) is 80.2 Å². The molecule has 278 valence electrons. The minimum Gasteiger partial charge on any atom is -0.351 e. The number of amides is 4. The van der Waals surface area contributed by atoms with Crippen molar-refractivity contribution >= 4 is 57.2 Å². The highest BCUT2D eigenvalue weighted by Gasteiger charge is 2.17. The summed E-state index contributed by atoms with van der Waals surface area (Å²) in [6, 6.07) is 24.1. The Hall–Kier alpha value is -6.52. The van der Waals surface area contributed by atoms with Crippen LogP contribution in [0.1, 0.15) is 60.4 Å². The van der Waals surface area contributed by atoms with E-state index < -0.39 is 0 Å². The molecule has 0 bridgehead atoms. The lowest BCUT2D eigenvalue weighted by Gasteiger charge is -2.09. The number of benzene rings is 1. The van der Waals surface area contributed by atoms with Crippen molar-refractivity contribution in [2.24, 2.45) is 0 Å². The van der Waals surface area contributed by atoms with Gasteiger partial charge in [-0.3, -0.25) is 29.4 Å². The van der Waals surface area contributed by atoms with Gasteiger partial charge in [0.05, 0.1) is 32.4 Å². The summed E-state index contributed by atoms with van der Waals surface area (Å²) < 4.78 is 0. The fourth-order valence-electron chi connectivity index (χ4n) is 5.62. The van der Waals surface area contributed by atoms with E-state index in [1.54, 1.807) is 29.5 Å². The van der Waals surface area contributed by atoms with Crippen LogP contribution in [0.25, 0.3) is 43.3 Å². The SMILES string of the molecule is Cc1ccc(-c2csc(-c3cc(C(=O)NCCCNC(=O)c4ccc5ccccc5n4)n[nH]3)c2)nc1C(=O)NCCCNC(=O)c1cc(-c2cccs2)[nH]n1. The third-order valence-corrected chi connectivity index (χ3v) is 10.4. The standard InChI is InChI=1S/C39H36N10O4S2/c1-23-10-12-27(45-35(23)39(53)43-17-6-16-42-37(51)31-20-29(46-48-31)33-9-4-18-54-33)25-19-34(55-22-25)30-21-32(49-47-30)38(52)41-15-5-14-40-36(50)28-13-11-24-7-2-3-8-26(24)44-28/h2-4,7-13,18-22H,5-6,14-17H2,1H3,(H,40,50)(H,41,52)(H,42,51)(H,43,53)(H,46,48)(H,47,49). The maximum atomic E-state index is 13.1. The molecule has 0 saturated heterocycles. The molecule has 6 N–H and O–H groups in total. The Labute approximate surface area is 323 Å². The van der Waals surface area contributed by atoms with E-state index >= 15 is 0 Å². The molecule has 14 nitrogen and oxygen atoms in total. The molecule has 0 aliphatic carbocycles. The first-order valence-electron chi connectivity index (χ1n) is 17.5. The number of aromatic nitrogens is 6. The summed E-state index contributed by atoms with van der Waals surface area (Å²) in [5.41, 5.74) is 5.60. The van der Waals surface area contributed by atoms with Crippen LogP contribution < -0.4 is 21.3 Å². The predicted molar refractivity (Wildman–Crippen MR) is 212 cm³/mol. The van der Waals surface area contributed by atoms with Crippen molar-refractivity contribution in [2.75, 3.05) is 26.2 Å². The van der Waals surface area contributed by atoms with E-state index in [1.807, 2.05) is 78.3 Å². The average molecular weight is 773 g/mol. The fraction of sp³-hybridized carbons (Fsp3) is 0.179. The van der Waals surface area contributed by atoms with Crippen LogP contribution in [0, 0.1) is 6.92 Å². The molecule has 55 heavy (non-hydrogen) atoms. The van der Waals surface area contributed by atoms with E-state index in [1.165, 1.54) is 11.3 Å². The third-order valence-electron chi connectivity index (χ3n) is 8.56. The number of hydrogen-bond donors (Lipinski definition) is 6. The van der Waals surface area contributed by atoms with Crippen molar-refractivity contribution in [3.05, 3.63) is 118 Å². The lowest BCUT2D eigenvalue weighted by molar-refractivity contribution is 0.0930. The number of aromatic amines is 2. The van der Waals surface area contributed by atoms with E-state index in [2.05, 4.69) is 51.6 Å². The van der Waals surface area contributed by atoms with Gasteiger partial charge >= 0.3 is 0 Å². The van der Waals surface area contributed by atoms with Crippen molar-refractivity contribution in [1.82, 2.24) is 51.6 Å². The zero-order valence-electron chi connectivity index (χ0n) is 29.6. The molecule has 7 aromatic rings. The molecule has 6 aromatic heterocycles. The van der Waals surface area contributed by atoms with Gasteiger partial charge in [0.15, 0.2) is 11.4 Å². The number of aryl methyl sites for hydroxylation is 1. The van der Waals surface area contributed by atoms with Gasteiger partial charge in [-0.1, -0.05) is 36.4 Å². The summed E-state index contributed by atoms with van der Waals surface area (Å²) in [5, 5.41) is 30.4. The van der Waals surface area contributed by atoms with Gasteiger partial charge in [0, 0.05) is 42.5 Å². The molecular weight excluding hydrogens is 737 g/mol. The van der Waals surface area contributed by atoms with E-state index in [4.69, 9.17) is 0 Å². The van der Waals surface area contributed by atoms with Crippen molar-refractivity contribution in [1.29, 1.82) is 0 Å². The Morgan fingerprint density at radius 1 is 0.618 bits per heavy atom. The second-order valence-corrected chi connectivity index (χ2v) is 14.4. The van der Waals surface area contributed by atoms with E-state index in [0.29, 0.717) is 67.5 Å². The van der Waals surface area contributed by atoms with Crippen molar-refractivity contribution in [3.8, 4) is 32.4 Å². The highest BCUT2D eigenvalue weighted by Crippen LogP contribution is 2.31. The average Bonchev–Trinajstić information content (AvgIpc) is 4.04. The molecular formula is C39H36N10O4S2. The molecule has 7 rings (SSSR count). The Morgan fingerprint density at radius 3 is 1.93 bits per heavy atom. The Morgan fingerprint density at radius 2 is 1.25 bits per heavy atom. The number of hydrogen-bond acceptors (Lipinski definition) is 10. The van der Waals surface area contributed by atoms with Crippen LogP contribution in [-0.2, 0) is 0 Å². The maximum absolute atomic E-state index is 13.1. The molecule has 0 fully saturated rings. The lowest BCUT2D eigenvalue weighted by Crippen LogP contribution is -2.30. The number of nitrogens with zero attached hydrogens (tertiary/aromatic N) is 4. The number of pyridine rings is 2. The molecule has 0 saturated carbocycles. The molecule has 4 amide bonds. The molecule has 1 aromatic carbocycles. The van der Waals surface area contributed by atoms with Crippen molar-refractivity contribution in [3.63, 3.8) is 0 Å². The first-order valence-corrected chi connectivity index (χ1v) is 19.3. The normalized spacial score (nSPS) is 11.0. The number of carbonyl (C=O) groups excluding carboxylic acids is 4. The topological polar surface area (TPSA) is 200 Å². The van der Waals surface area contributed by atoms with Gasteiger partial charge in [0.25, 0.3) is 23.6 Å². The highest BCUT2D eigenvalue weighted by molar-refractivity contribution is 7.14. The molecule has 16 heteroatoms. The Kier molecular flexibility index (Phi) is 11.4. The molecule has 0 aliphatic rings. The number of rotatable bonds is 15. The van der Waals surface area contributed by atoms with Crippen LogP contribution in [0.5, 0.6) is 0 Å². The van der Waals surface area contributed by atoms with Gasteiger partial charge in [-0.05, 0) is 73.2 Å². The molecule has 0 spiro atoms. The minimum absolute atomic E-state index is 0.241. The van der Waals surface area contributed by atoms with Gasteiger partial charge < -0.3 is 21.3 Å². The van der Waals surface area contributed by atoms with Gasteiger partial charge in [-0.2, -0.15) is 10.2 Å². The second-order valence-electron chi connectivity index (χ2n) is 12.5.